The van der Waals surface area contributed by atoms with Crippen molar-refractivity contribution in [2.24, 2.45) is 0 Å². The number of hydrogen-bond donors (Lipinski definition) is 3. The fourth-order valence-corrected chi connectivity index (χ4v) is 2.33. The highest BCUT2D eigenvalue weighted by molar-refractivity contribution is 5.95. The lowest BCUT2D eigenvalue weighted by molar-refractivity contribution is -0.118. The van der Waals surface area contributed by atoms with Gasteiger partial charge < -0.3 is 15.7 Å². The van der Waals surface area contributed by atoms with Crippen LogP contribution >= 0.6 is 0 Å². The Morgan fingerprint density at radius 3 is 2.29 bits per heavy atom. The maximum absolute atomic E-state index is 12.2. The minimum Gasteiger partial charge on any atom is -0.389 e. The molecule has 0 saturated carbocycles. The minimum absolute atomic E-state index is 0.121. The molecular weight excluding hydrogens is 304 g/mol. The van der Waals surface area contributed by atoms with Crippen LogP contribution in [0.1, 0.15) is 35.9 Å². The summed E-state index contributed by atoms with van der Waals surface area (Å²) in [7, 11) is 0. The molecule has 5 heteroatoms. The monoisotopic (exact) mass is 326 g/mol. The van der Waals surface area contributed by atoms with Gasteiger partial charge in [-0.3, -0.25) is 9.59 Å². The lowest BCUT2D eigenvalue weighted by Gasteiger charge is -2.10. The Bertz CT molecular complexity index is 726. The molecule has 0 saturated heterocycles. The van der Waals surface area contributed by atoms with E-state index in [4.69, 9.17) is 0 Å². The van der Waals surface area contributed by atoms with Crippen molar-refractivity contribution in [1.29, 1.82) is 0 Å². The first-order valence-electron chi connectivity index (χ1n) is 7.88. The highest BCUT2D eigenvalue weighted by Crippen LogP contribution is 2.24. The van der Waals surface area contributed by atoms with Gasteiger partial charge in [-0.25, -0.2) is 0 Å². The van der Waals surface area contributed by atoms with Crippen LogP contribution in [0.4, 0.5) is 0 Å². The smallest absolute Gasteiger partial charge is 0.251 e. The van der Waals surface area contributed by atoms with Crippen LogP contribution in [0.3, 0.4) is 0 Å². The first kappa shape index (κ1) is 17.7. The predicted octanol–water partition coefficient (Wildman–Crippen LogP) is 2.27. The Labute approximate surface area is 141 Å². The van der Waals surface area contributed by atoms with Gasteiger partial charge in [0, 0.05) is 25.6 Å². The van der Waals surface area contributed by atoms with Crippen LogP contribution < -0.4 is 10.6 Å². The third-order valence-electron chi connectivity index (χ3n) is 3.61. The van der Waals surface area contributed by atoms with Gasteiger partial charge >= 0.3 is 0 Å². The molecule has 0 aromatic heterocycles. The van der Waals surface area contributed by atoms with Crippen LogP contribution in [-0.4, -0.2) is 30.0 Å². The molecule has 126 valence electrons. The largest absolute Gasteiger partial charge is 0.389 e. The normalized spacial score (nSPS) is 11.6. The number of hydrogen-bond acceptors (Lipinski definition) is 3. The van der Waals surface area contributed by atoms with Gasteiger partial charge in [-0.05, 0) is 41.8 Å². The van der Waals surface area contributed by atoms with Crippen LogP contribution in [0, 0.1) is 0 Å². The minimum atomic E-state index is -0.537. The van der Waals surface area contributed by atoms with Crippen molar-refractivity contribution in [3.05, 3.63) is 59.7 Å². The van der Waals surface area contributed by atoms with Crippen molar-refractivity contribution in [2.45, 2.75) is 20.0 Å². The van der Waals surface area contributed by atoms with E-state index in [-0.39, 0.29) is 11.8 Å². The number of amides is 2. The lowest BCUT2D eigenvalue weighted by Crippen LogP contribution is -2.33. The molecular formula is C19H22N2O3. The van der Waals surface area contributed by atoms with Gasteiger partial charge in [0.25, 0.3) is 5.91 Å². The molecule has 0 spiro atoms. The zero-order valence-electron chi connectivity index (χ0n) is 13.9. The zero-order valence-corrected chi connectivity index (χ0v) is 13.9. The van der Waals surface area contributed by atoms with Crippen molar-refractivity contribution >= 4 is 11.8 Å². The van der Waals surface area contributed by atoms with Crippen LogP contribution in [0.15, 0.2) is 48.5 Å². The molecule has 0 bridgehead atoms. The zero-order chi connectivity index (χ0) is 17.5. The van der Waals surface area contributed by atoms with E-state index in [0.29, 0.717) is 18.7 Å². The van der Waals surface area contributed by atoms with Gasteiger partial charge in [0.15, 0.2) is 0 Å². The molecule has 0 fully saturated rings. The number of carbonyl (C=O) groups excluding carboxylic acids is 2. The summed E-state index contributed by atoms with van der Waals surface area (Å²) in [6.07, 6.45) is -0.537. The van der Waals surface area contributed by atoms with Crippen molar-refractivity contribution < 1.29 is 14.7 Å². The molecule has 0 aliphatic carbocycles. The Kier molecular flexibility index (Phi) is 6.09. The van der Waals surface area contributed by atoms with Crippen molar-refractivity contribution in [3.63, 3.8) is 0 Å². The Morgan fingerprint density at radius 2 is 1.62 bits per heavy atom. The molecule has 24 heavy (non-hydrogen) atoms. The second-order valence-electron chi connectivity index (χ2n) is 5.62. The standard InChI is InChI=1S/C19H22N2O3/c1-13(22)15-5-3-6-16(11-15)17-7-4-8-18(12-17)19(24)21-10-9-20-14(2)23/h3-8,11-13,22H,9-10H2,1-2H3,(H,20,23)(H,21,24)/t13-/m1/s1. The second kappa shape index (κ2) is 8.26. The van der Waals surface area contributed by atoms with Crippen LogP contribution in [0.2, 0.25) is 0 Å². The van der Waals surface area contributed by atoms with Crippen LogP contribution in [0.5, 0.6) is 0 Å². The number of rotatable bonds is 6. The molecule has 0 aliphatic heterocycles. The fourth-order valence-electron chi connectivity index (χ4n) is 2.33. The van der Waals surface area contributed by atoms with Gasteiger partial charge in [-0.2, -0.15) is 0 Å². The van der Waals surface area contributed by atoms with E-state index in [1.165, 1.54) is 6.92 Å². The number of benzene rings is 2. The summed E-state index contributed by atoms with van der Waals surface area (Å²) >= 11 is 0. The molecule has 0 unspecified atom stereocenters. The maximum atomic E-state index is 12.2. The molecule has 0 aliphatic rings. The predicted molar refractivity (Wildman–Crippen MR) is 93.5 cm³/mol. The summed E-state index contributed by atoms with van der Waals surface area (Å²) in [5, 5.41) is 15.1. The highest BCUT2D eigenvalue weighted by atomic mass is 16.3. The van der Waals surface area contributed by atoms with E-state index < -0.39 is 6.10 Å². The topological polar surface area (TPSA) is 78.4 Å². The van der Waals surface area contributed by atoms with Gasteiger partial charge in [-0.1, -0.05) is 30.3 Å². The second-order valence-corrected chi connectivity index (χ2v) is 5.62. The summed E-state index contributed by atoms with van der Waals surface area (Å²) < 4.78 is 0. The average molecular weight is 326 g/mol. The Hall–Kier alpha value is -2.66. The van der Waals surface area contributed by atoms with Crippen molar-refractivity contribution in [1.82, 2.24) is 10.6 Å². The quantitative estimate of drug-likeness (QED) is 0.713. The van der Waals surface area contributed by atoms with Crippen LogP contribution in [0.25, 0.3) is 11.1 Å². The Balaban J connectivity index is 2.09. The molecule has 1 atom stereocenters. The van der Waals surface area contributed by atoms with E-state index in [0.717, 1.165) is 16.7 Å². The lowest BCUT2D eigenvalue weighted by atomic mass is 9.99. The van der Waals surface area contributed by atoms with E-state index in [9.17, 15) is 14.7 Å². The molecule has 5 nitrogen and oxygen atoms in total. The van der Waals surface area contributed by atoms with E-state index >= 15 is 0 Å². The average Bonchev–Trinajstić information content (AvgIpc) is 2.58. The molecule has 2 amide bonds. The summed E-state index contributed by atoms with van der Waals surface area (Å²) in [5.74, 6) is -0.307. The molecule has 2 aromatic rings. The first-order valence-corrected chi connectivity index (χ1v) is 7.88. The Morgan fingerprint density at radius 1 is 1.00 bits per heavy atom. The van der Waals surface area contributed by atoms with Crippen LogP contribution in [-0.2, 0) is 4.79 Å². The first-order chi connectivity index (χ1) is 11.5. The van der Waals surface area contributed by atoms with Gasteiger partial charge in [0.2, 0.25) is 5.91 Å². The third kappa shape index (κ3) is 4.93. The number of carbonyl (C=O) groups is 2. The van der Waals surface area contributed by atoms with Gasteiger partial charge in [0.1, 0.15) is 0 Å². The van der Waals surface area contributed by atoms with E-state index in [2.05, 4.69) is 10.6 Å². The molecule has 3 N–H and O–H groups in total. The summed E-state index contributed by atoms with van der Waals surface area (Å²) in [4.78, 5) is 23.0. The molecule has 0 heterocycles. The maximum Gasteiger partial charge on any atom is 0.251 e. The third-order valence-corrected chi connectivity index (χ3v) is 3.61. The van der Waals surface area contributed by atoms with E-state index in [1.54, 1.807) is 13.0 Å². The summed E-state index contributed by atoms with van der Waals surface area (Å²) in [5.41, 5.74) is 3.24. The van der Waals surface area contributed by atoms with Crippen molar-refractivity contribution in [2.75, 3.05) is 13.1 Å². The number of aliphatic hydroxyl groups is 1. The summed E-state index contributed by atoms with van der Waals surface area (Å²) in [6, 6.07) is 14.9. The number of aliphatic hydroxyl groups excluding tert-OH is 1. The molecule has 0 radical (unpaired) electrons. The van der Waals surface area contributed by atoms with E-state index in [1.807, 2.05) is 42.5 Å². The number of nitrogens with one attached hydrogen (secondary N) is 2. The molecule has 2 rings (SSSR count). The SMILES string of the molecule is CC(=O)NCCNC(=O)c1cccc(-c2cccc([C@@H](C)O)c2)c1. The summed E-state index contributed by atoms with van der Waals surface area (Å²) in [6.45, 7) is 3.93. The van der Waals surface area contributed by atoms with Crippen molar-refractivity contribution in [3.8, 4) is 11.1 Å². The highest BCUT2D eigenvalue weighted by Gasteiger charge is 2.08. The molecule has 2 aromatic carbocycles. The fraction of sp³-hybridized carbons (Fsp3) is 0.263. The van der Waals surface area contributed by atoms with Gasteiger partial charge in [0.05, 0.1) is 6.10 Å². The van der Waals surface area contributed by atoms with Gasteiger partial charge in [-0.15, -0.1) is 0 Å².